The van der Waals surface area contributed by atoms with Gasteiger partial charge in [0, 0.05) is 21.5 Å². The first-order valence-electron chi connectivity index (χ1n) is 9.92. The predicted molar refractivity (Wildman–Crippen MR) is 122 cm³/mol. The second-order valence-electron chi connectivity index (χ2n) is 7.13. The van der Waals surface area contributed by atoms with Crippen LogP contribution in [-0.2, 0) is 12.6 Å². The minimum atomic E-state index is -4.45. The first-order valence-corrected chi connectivity index (χ1v) is 10.7. The first kappa shape index (κ1) is 22.1. The minimum Gasteiger partial charge on any atom is -0.497 e. The molecule has 0 bridgehead atoms. The number of nitrogens with zero attached hydrogens (tertiary/aromatic N) is 1. The van der Waals surface area contributed by atoms with Gasteiger partial charge in [0.1, 0.15) is 17.2 Å². The van der Waals surface area contributed by atoms with Crippen molar-refractivity contribution in [2.45, 2.75) is 19.5 Å². The maximum absolute atomic E-state index is 13.4. The lowest BCUT2D eigenvalue weighted by Crippen LogP contribution is -2.05. The Morgan fingerprint density at radius 3 is 2.31 bits per heavy atom. The maximum atomic E-state index is 13.4. The topological polar surface area (TPSA) is 31.4 Å². The van der Waals surface area contributed by atoms with Gasteiger partial charge in [-0.25, -0.2) is 0 Å². The van der Waals surface area contributed by atoms with Gasteiger partial charge in [0.2, 0.25) is 0 Å². The van der Waals surface area contributed by atoms with Crippen LogP contribution in [0.5, 0.6) is 17.2 Å². The lowest BCUT2D eigenvalue weighted by Gasteiger charge is -2.19. The number of hydrogen-bond acceptors (Lipinski definition) is 3. The smallest absolute Gasteiger partial charge is 0.416 e. The van der Waals surface area contributed by atoms with Gasteiger partial charge >= 0.3 is 6.18 Å². The Balaban J connectivity index is 2.01. The third kappa shape index (κ3) is 4.43. The zero-order chi connectivity index (χ0) is 22.9. The molecule has 0 unspecified atom stereocenters. The van der Waals surface area contributed by atoms with Crippen LogP contribution in [0.3, 0.4) is 0 Å². The summed E-state index contributed by atoms with van der Waals surface area (Å²) in [6.45, 7) is 1.91. The maximum Gasteiger partial charge on any atom is 0.416 e. The molecule has 3 aromatic carbocycles. The van der Waals surface area contributed by atoms with Crippen LogP contribution in [0, 0.1) is 0 Å². The molecular weight excluding hydrogens is 483 g/mol. The van der Waals surface area contributed by atoms with Crippen molar-refractivity contribution < 1.29 is 22.6 Å². The van der Waals surface area contributed by atoms with E-state index < -0.39 is 11.7 Å². The third-order valence-corrected chi connectivity index (χ3v) is 5.60. The van der Waals surface area contributed by atoms with Gasteiger partial charge in [0.15, 0.2) is 0 Å². The summed E-state index contributed by atoms with van der Waals surface area (Å²) in [6, 6.07) is 17.9. The lowest BCUT2D eigenvalue weighted by molar-refractivity contribution is -0.137. The van der Waals surface area contributed by atoms with Gasteiger partial charge in [-0.2, -0.15) is 13.2 Å². The highest BCUT2D eigenvalue weighted by Gasteiger charge is 2.31. The van der Waals surface area contributed by atoms with Crippen LogP contribution in [0.4, 0.5) is 13.2 Å². The summed E-state index contributed by atoms with van der Waals surface area (Å²) in [5.41, 5.74) is 1.50. The number of aromatic nitrogens is 1. The van der Waals surface area contributed by atoms with Gasteiger partial charge < -0.3 is 9.47 Å². The van der Waals surface area contributed by atoms with E-state index in [-0.39, 0.29) is 0 Å². The lowest BCUT2D eigenvalue weighted by atomic mass is 9.97. The molecule has 0 aliphatic heterocycles. The third-order valence-electron chi connectivity index (χ3n) is 5.07. The van der Waals surface area contributed by atoms with Crippen molar-refractivity contribution in [1.82, 2.24) is 4.98 Å². The van der Waals surface area contributed by atoms with Gasteiger partial charge in [-0.3, -0.25) is 4.98 Å². The second-order valence-corrected chi connectivity index (χ2v) is 8.05. The Morgan fingerprint density at radius 1 is 0.938 bits per heavy atom. The van der Waals surface area contributed by atoms with E-state index in [1.807, 2.05) is 25.1 Å². The van der Waals surface area contributed by atoms with E-state index >= 15 is 0 Å². The average Bonchev–Trinajstić information content (AvgIpc) is 2.79. The second kappa shape index (κ2) is 8.82. The first-order chi connectivity index (χ1) is 15.3. The van der Waals surface area contributed by atoms with E-state index in [2.05, 4.69) is 15.9 Å². The van der Waals surface area contributed by atoms with Gasteiger partial charge in [0.25, 0.3) is 0 Å². The molecular formula is C25H19BrF3NO2. The zero-order valence-corrected chi connectivity index (χ0v) is 18.9. The number of benzene rings is 3. The summed E-state index contributed by atoms with van der Waals surface area (Å²) in [4.78, 5) is 4.74. The van der Waals surface area contributed by atoms with Gasteiger partial charge in [-0.1, -0.05) is 35.0 Å². The summed E-state index contributed by atoms with van der Waals surface area (Å²) in [5.74, 6) is 1.65. The average molecular weight is 502 g/mol. The molecule has 4 aromatic rings. The van der Waals surface area contributed by atoms with Crippen molar-refractivity contribution >= 4 is 26.8 Å². The molecule has 0 radical (unpaired) electrons. The summed E-state index contributed by atoms with van der Waals surface area (Å²) in [7, 11) is 1.57. The van der Waals surface area contributed by atoms with Gasteiger partial charge in [0.05, 0.1) is 23.9 Å². The molecule has 164 valence electrons. The minimum absolute atomic E-state index is 0.397. The molecule has 1 aromatic heterocycles. The van der Waals surface area contributed by atoms with Crippen molar-refractivity contribution in [3.63, 3.8) is 0 Å². The highest BCUT2D eigenvalue weighted by atomic mass is 79.9. The quantitative estimate of drug-likeness (QED) is 0.277. The number of halogens is 4. The molecule has 0 spiro atoms. The Hall–Kier alpha value is -3.06. The van der Waals surface area contributed by atoms with Crippen LogP contribution in [0.15, 0.2) is 71.2 Å². The number of pyridine rings is 1. The molecule has 0 aliphatic rings. The molecule has 0 aliphatic carbocycles. The zero-order valence-electron chi connectivity index (χ0n) is 17.3. The predicted octanol–water partition coefficient (Wildman–Crippen LogP) is 8.05. The van der Waals surface area contributed by atoms with E-state index in [1.165, 1.54) is 6.07 Å². The van der Waals surface area contributed by atoms with Crippen LogP contribution >= 0.6 is 15.9 Å². The molecule has 1 heterocycles. The Morgan fingerprint density at radius 2 is 1.66 bits per heavy atom. The molecule has 0 saturated heterocycles. The fourth-order valence-corrected chi connectivity index (χ4v) is 3.79. The van der Waals surface area contributed by atoms with Crippen molar-refractivity contribution in [2.75, 3.05) is 7.11 Å². The Labute approximate surface area is 191 Å². The van der Waals surface area contributed by atoms with Gasteiger partial charge in [-0.15, -0.1) is 0 Å². The molecule has 0 atom stereocenters. The monoisotopic (exact) mass is 501 g/mol. The number of ether oxygens (including phenoxy) is 2. The standard InChI is InChI=1S/C25H19BrF3NO2/c1-3-21-23(15-5-4-6-16(13-15)25(27,28)29)24(32-18-9-7-17(26)8-10-18)20-12-11-19(31-2)14-22(20)30-21/h4-14H,3H2,1-2H3. The molecule has 0 saturated carbocycles. The molecule has 0 amide bonds. The highest BCUT2D eigenvalue weighted by Crippen LogP contribution is 2.43. The van der Waals surface area contributed by atoms with Crippen molar-refractivity contribution in [1.29, 1.82) is 0 Å². The van der Waals surface area contributed by atoms with Crippen LogP contribution in [0.25, 0.3) is 22.0 Å². The highest BCUT2D eigenvalue weighted by molar-refractivity contribution is 9.10. The van der Waals surface area contributed by atoms with E-state index in [0.717, 1.165) is 16.6 Å². The number of methoxy groups -OCH3 is 1. The van der Waals surface area contributed by atoms with Crippen LogP contribution < -0.4 is 9.47 Å². The fourth-order valence-electron chi connectivity index (χ4n) is 3.52. The van der Waals surface area contributed by atoms with Crippen LogP contribution in [0.2, 0.25) is 0 Å². The van der Waals surface area contributed by atoms with Crippen LogP contribution in [-0.4, -0.2) is 12.1 Å². The Kier molecular flexibility index (Phi) is 6.11. The number of rotatable bonds is 5. The van der Waals surface area contributed by atoms with E-state index in [4.69, 9.17) is 14.5 Å². The van der Waals surface area contributed by atoms with Crippen molar-refractivity contribution in [3.8, 4) is 28.4 Å². The number of fused-ring (bicyclic) bond motifs is 1. The normalized spacial score (nSPS) is 11.6. The molecule has 3 nitrogen and oxygen atoms in total. The van der Waals surface area contributed by atoms with Crippen LogP contribution in [0.1, 0.15) is 18.2 Å². The molecule has 4 rings (SSSR count). The SMILES string of the molecule is CCc1nc2cc(OC)ccc2c(Oc2ccc(Br)cc2)c1-c1cccc(C(F)(F)F)c1. The summed E-state index contributed by atoms with van der Waals surface area (Å²) < 4.78 is 52.8. The summed E-state index contributed by atoms with van der Waals surface area (Å²) >= 11 is 3.40. The summed E-state index contributed by atoms with van der Waals surface area (Å²) in [5, 5.41) is 0.679. The van der Waals surface area contributed by atoms with E-state index in [0.29, 0.717) is 51.4 Å². The van der Waals surface area contributed by atoms with Crippen molar-refractivity contribution in [3.05, 3.63) is 82.5 Å². The molecule has 7 heteroatoms. The fraction of sp³-hybridized carbons (Fsp3) is 0.160. The van der Waals surface area contributed by atoms with E-state index in [1.54, 1.807) is 37.4 Å². The van der Waals surface area contributed by atoms with Gasteiger partial charge in [-0.05, 0) is 60.5 Å². The number of alkyl halides is 3. The molecule has 32 heavy (non-hydrogen) atoms. The van der Waals surface area contributed by atoms with E-state index in [9.17, 15) is 13.2 Å². The largest absolute Gasteiger partial charge is 0.497 e. The number of hydrogen-bond donors (Lipinski definition) is 0. The number of aryl methyl sites for hydroxylation is 1. The molecule has 0 fully saturated rings. The molecule has 0 N–H and O–H groups in total. The summed E-state index contributed by atoms with van der Waals surface area (Å²) in [6.07, 6.45) is -3.94. The Bertz CT molecular complexity index is 1270. The van der Waals surface area contributed by atoms with Crippen molar-refractivity contribution in [2.24, 2.45) is 0 Å².